The zero-order chi connectivity index (χ0) is 15.8. The van der Waals surface area contributed by atoms with Crippen LogP contribution in [0.1, 0.15) is 41.9 Å². The zero-order valence-electron chi connectivity index (χ0n) is 12.7. The van der Waals surface area contributed by atoms with Crippen LogP contribution in [-0.2, 0) is 4.74 Å². The monoisotopic (exact) mass is 310 g/mol. The van der Waals surface area contributed by atoms with Gasteiger partial charge in [-0.25, -0.2) is 0 Å². The van der Waals surface area contributed by atoms with E-state index in [1.54, 1.807) is 7.11 Å². The molecule has 0 saturated carbocycles. The van der Waals surface area contributed by atoms with Crippen molar-refractivity contribution in [1.82, 2.24) is 5.32 Å². The number of carbonyl (C=O) groups is 1. The maximum atomic E-state index is 12.0. The minimum atomic E-state index is -0.233. The number of thiophene rings is 1. The Kier molecular flexibility index (Phi) is 6.99. The third-order valence-electron chi connectivity index (χ3n) is 2.99. The first-order valence-corrected chi connectivity index (χ1v) is 7.76. The van der Waals surface area contributed by atoms with Crippen LogP contribution in [0.3, 0.4) is 0 Å². The van der Waals surface area contributed by atoms with Crippen molar-refractivity contribution in [3.05, 3.63) is 10.4 Å². The van der Waals surface area contributed by atoms with Crippen molar-refractivity contribution in [3.63, 3.8) is 0 Å². The molecule has 0 bridgehead atoms. The average molecular weight is 310 g/mol. The third kappa shape index (κ3) is 4.34. The molecule has 1 heterocycles. The van der Waals surface area contributed by atoms with Gasteiger partial charge in [-0.1, -0.05) is 13.8 Å². The smallest absolute Gasteiger partial charge is 0.263 e. The van der Waals surface area contributed by atoms with Crippen molar-refractivity contribution in [2.24, 2.45) is 0 Å². The molecule has 1 rings (SSSR count). The van der Waals surface area contributed by atoms with Crippen LogP contribution >= 0.6 is 11.3 Å². The van der Waals surface area contributed by atoms with Gasteiger partial charge in [0, 0.05) is 19.7 Å². The molecule has 1 aromatic rings. The molecule has 1 amide bonds. The predicted octanol–water partition coefficient (Wildman–Crippen LogP) is 2.18. The number of nitrogens with two attached hydrogens (primary N) is 1. The summed E-state index contributed by atoms with van der Waals surface area (Å²) < 4.78 is 5.13. The van der Waals surface area contributed by atoms with E-state index in [4.69, 9.17) is 10.5 Å². The molecule has 6 nitrogen and oxygen atoms in total. The minimum absolute atomic E-state index is 0.0757. The highest BCUT2D eigenvalue weighted by molar-refractivity contribution is 7.18. The van der Waals surface area contributed by atoms with Gasteiger partial charge in [0.25, 0.3) is 5.91 Å². The van der Waals surface area contributed by atoms with Crippen molar-refractivity contribution in [2.45, 2.75) is 32.7 Å². The van der Waals surface area contributed by atoms with E-state index >= 15 is 0 Å². The first-order chi connectivity index (χ1) is 10.1. The van der Waals surface area contributed by atoms with E-state index in [2.05, 4.69) is 16.7 Å². The summed E-state index contributed by atoms with van der Waals surface area (Å²) in [7, 11) is 1.63. The average Bonchev–Trinajstić information content (AvgIpc) is 2.80. The molecule has 4 N–H and O–H groups in total. The zero-order valence-corrected chi connectivity index (χ0v) is 13.5. The first kappa shape index (κ1) is 17.3. The fourth-order valence-corrected chi connectivity index (χ4v) is 2.86. The molecule has 7 heteroatoms. The van der Waals surface area contributed by atoms with Crippen molar-refractivity contribution in [1.29, 1.82) is 5.26 Å². The summed E-state index contributed by atoms with van der Waals surface area (Å²) in [6.07, 6.45) is 1.69. The maximum absolute atomic E-state index is 12.0. The van der Waals surface area contributed by atoms with Crippen LogP contribution < -0.4 is 16.4 Å². The van der Waals surface area contributed by atoms with Crippen LogP contribution in [-0.4, -0.2) is 32.2 Å². The van der Waals surface area contributed by atoms with Gasteiger partial charge in [-0.05, 0) is 12.8 Å². The van der Waals surface area contributed by atoms with Crippen LogP contribution in [0.15, 0.2) is 0 Å². The molecule has 0 aliphatic rings. The number of nitrogens with zero attached hydrogens (tertiary/aromatic N) is 1. The summed E-state index contributed by atoms with van der Waals surface area (Å²) in [6, 6.07) is 2.14. The third-order valence-corrected chi connectivity index (χ3v) is 4.13. The Morgan fingerprint density at radius 1 is 1.52 bits per heavy atom. The molecule has 1 aromatic heterocycles. The number of rotatable bonds is 8. The highest BCUT2D eigenvalue weighted by Crippen LogP contribution is 2.35. The lowest BCUT2D eigenvalue weighted by Crippen LogP contribution is -2.24. The number of nitriles is 1. The summed E-state index contributed by atoms with van der Waals surface area (Å²) >= 11 is 1.21. The van der Waals surface area contributed by atoms with E-state index in [1.807, 2.05) is 13.8 Å². The van der Waals surface area contributed by atoms with Crippen LogP contribution in [0, 0.1) is 11.3 Å². The summed E-state index contributed by atoms with van der Waals surface area (Å²) in [5.74, 6) is -0.233. The summed E-state index contributed by atoms with van der Waals surface area (Å²) in [4.78, 5) is 12.4. The molecular weight excluding hydrogens is 288 g/mol. The quantitative estimate of drug-likeness (QED) is 0.683. The molecule has 0 radical (unpaired) electrons. The molecule has 0 spiro atoms. The highest BCUT2D eigenvalue weighted by atomic mass is 32.1. The van der Waals surface area contributed by atoms with Gasteiger partial charge < -0.3 is 21.1 Å². The molecule has 21 heavy (non-hydrogen) atoms. The number of ether oxygens (including phenoxy) is 1. The van der Waals surface area contributed by atoms with Gasteiger partial charge in [0.2, 0.25) is 0 Å². The van der Waals surface area contributed by atoms with Crippen molar-refractivity contribution < 1.29 is 9.53 Å². The van der Waals surface area contributed by atoms with Crippen molar-refractivity contribution in [3.8, 4) is 6.07 Å². The standard InChI is InChI=1S/C14H22N4O2S/c1-4-6-17-13(19)12-11(16)10(7-15)14(21-12)18-9(5-2)8-20-3/h9,18H,4-6,8,16H2,1-3H3,(H,17,19). The number of hydrogen-bond donors (Lipinski definition) is 3. The van der Waals surface area contributed by atoms with E-state index in [-0.39, 0.29) is 17.6 Å². The molecule has 116 valence electrons. The Hall–Kier alpha value is -1.78. The Labute approximate surface area is 129 Å². The molecule has 0 fully saturated rings. The first-order valence-electron chi connectivity index (χ1n) is 6.94. The molecule has 0 aromatic carbocycles. The molecule has 0 aliphatic heterocycles. The van der Waals surface area contributed by atoms with Gasteiger partial charge >= 0.3 is 0 Å². The highest BCUT2D eigenvalue weighted by Gasteiger charge is 2.22. The van der Waals surface area contributed by atoms with E-state index in [9.17, 15) is 10.1 Å². The molecule has 0 aliphatic carbocycles. The number of nitrogen functional groups attached to an aromatic ring is 1. The molecule has 0 saturated heterocycles. The molecule has 1 unspecified atom stereocenters. The Morgan fingerprint density at radius 2 is 2.24 bits per heavy atom. The topological polar surface area (TPSA) is 100 Å². The lowest BCUT2D eigenvalue weighted by atomic mass is 10.2. The fourth-order valence-electron chi connectivity index (χ4n) is 1.79. The van der Waals surface area contributed by atoms with Gasteiger partial charge in [-0.2, -0.15) is 5.26 Å². The van der Waals surface area contributed by atoms with Gasteiger partial charge in [0.1, 0.15) is 21.5 Å². The predicted molar refractivity (Wildman–Crippen MR) is 85.6 cm³/mol. The van der Waals surface area contributed by atoms with Gasteiger partial charge in [0.15, 0.2) is 0 Å². The SMILES string of the molecule is CCCNC(=O)c1sc(NC(CC)COC)c(C#N)c1N. The lowest BCUT2D eigenvalue weighted by molar-refractivity contribution is 0.0958. The fraction of sp³-hybridized carbons (Fsp3) is 0.571. The number of carbonyl (C=O) groups excluding carboxylic acids is 1. The van der Waals surface area contributed by atoms with Crippen LogP contribution in [0.25, 0.3) is 0 Å². The Bertz CT molecular complexity index is 522. The summed E-state index contributed by atoms with van der Waals surface area (Å²) in [6.45, 7) is 5.11. The van der Waals surface area contributed by atoms with E-state index in [1.165, 1.54) is 11.3 Å². The normalized spacial score (nSPS) is 11.7. The number of amides is 1. The Morgan fingerprint density at radius 3 is 2.76 bits per heavy atom. The van der Waals surface area contributed by atoms with Crippen LogP contribution in [0.2, 0.25) is 0 Å². The van der Waals surface area contributed by atoms with Crippen molar-refractivity contribution >= 4 is 27.9 Å². The van der Waals surface area contributed by atoms with Crippen LogP contribution in [0.4, 0.5) is 10.7 Å². The number of hydrogen-bond acceptors (Lipinski definition) is 6. The number of nitrogens with one attached hydrogen (secondary N) is 2. The van der Waals surface area contributed by atoms with Crippen LogP contribution in [0.5, 0.6) is 0 Å². The van der Waals surface area contributed by atoms with E-state index < -0.39 is 0 Å². The second kappa shape index (κ2) is 8.49. The van der Waals surface area contributed by atoms with Gasteiger partial charge in [0.05, 0.1) is 12.3 Å². The van der Waals surface area contributed by atoms with Crippen molar-refractivity contribution in [2.75, 3.05) is 31.3 Å². The maximum Gasteiger partial charge on any atom is 0.263 e. The Balaban J connectivity index is 3.00. The van der Waals surface area contributed by atoms with Gasteiger partial charge in [-0.15, -0.1) is 11.3 Å². The number of methoxy groups -OCH3 is 1. The second-order valence-corrected chi connectivity index (χ2v) is 5.64. The lowest BCUT2D eigenvalue weighted by Gasteiger charge is -2.15. The van der Waals surface area contributed by atoms with Gasteiger partial charge in [-0.3, -0.25) is 4.79 Å². The van der Waals surface area contributed by atoms with E-state index in [0.29, 0.717) is 28.6 Å². The summed E-state index contributed by atoms with van der Waals surface area (Å²) in [5, 5.41) is 15.9. The molecular formula is C14H22N4O2S. The minimum Gasteiger partial charge on any atom is -0.396 e. The summed E-state index contributed by atoms with van der Waals surface area (Å²) in [5.41, 5.74) is 6.51. The second-order valence-electron chi connectivity index (χ2n) is 4.62. The molecule has 1 atom stereocenters. The largest absolute Gasteiger partial charge is 0.396 e. The van der Waals surface area contributed by atoms with E-state index in [0.717, 1.165) is 12.8 Å². The number of anilines is 2.